The second kappa shape index (κ2) is 5.38. The Balaban J connectivity index is 2.73. The van der Waals surface area contributed by atoms with Crippen molar-refractivity contribution in [3.8, 4) is 0 Å². The van der Waals surface area contributed by atoms with Gasteiger partial charge in [0.15, 0.2) is 0 Å². The van der Waals surface area contributed by atoms with Crippen LogP contribution in [0.15, 0.2) is 36.0 Å². The van der Waals surface area contributed by atoms with Gasteiger partial charge in [-0.25, -0.2) is 0 Å². The molecule has 1 aromatic rings. The van der Waals surface area contributed by atoms with Gasteiger partial charge in [-0.1, -0.05) is 30.3 Å². The molecule has 0 atom stereocenters. The van der Waals surface area contributed by atoms with Gasteiger partial charge in [-0.15, -0.1) is 0 Å². The van der Waals surface area contributed by atoms with Crippen LogP contribution in [-0.4, -0.2) is 13.6 Å². The first kappa shape index (κ1) is 9.81. The van der Waals surface area contributed by atoms with Gasteiger partial charge in [0.05, 0.1) is 0 Å². The summed E-state index contributed by atoms with van der Waals surface area (Å²) in [4.78, 5) is 0. The fourth-order valence-corrected chi connectivity index (χ4v) is 1.18. The average molecular weight is 176 g/mol. The number of rotatable bonds is 4. The van der Waals surface area contributed by atoms with E-state index >= 15 is 0 Å². The molecule has 1 aromatic carbocycles. The Bertz CT molecular complexity index is 265. The summed E-state index contributed by atoms with van der Waals surface area (Å²) < 4.78 is 0. The van der Waals surface area contributed by atoms with E-state index < -0.39 is 0 Å². The van der Waals surface area contributed by atoms with Gasteiger partial charge in [0.25, 0.3) is 0 Å². The van der Waals surface area contributed by atoms with Crippen LogP contribution in [0.2, 0.25) is 0 Å². The molecule has 2 nitrogen and oxygen atoms in total. The molecule has 0 saturated heterocycles. The van der Waals surface area contributed by atoms with Gasteiger partial charge in [0, 0.05) is 12.7 Å². The molecule has 0 amide bonds. The monoisotopic (exact) mass is 176 g/mol. The van der Waals surface area contributed by atoms with Gasteiger partial charge in [0.1, 0.15) is 0 Å². The normalized spacial score (nSPS) is 11.4. The molecule has 0 aliphatic heterocycles. The predicted molar refractivity (Wildman–Crippen MR) is 57.2 cm³/mol. The SMILES string of the molecule is CN/C(=C\c1ccccc1)CCN. The third-order valence-electron chi connectivity index (χ3n) is 1.88. The van der Waals surface area contributed by atoms with Crippen molar-refractivity contribution in [2.75, 3.05) is 13.6 Å². The summed E-state index contributed by atoms with van der Waals surface area (Å²) in [7, 11) is 1.92. The van der Waals surface area contributed by atoms with E-state index in [1.54, 1.807) is 0 Å². The Morgan fingerprint density at radius 1 is 1.38 bits per heavy atom. The first-order chi connectivity index (χ1) is 6.36. The largest absolute Gasteiger partial charge is 0.391 e. The first-order valence-electron chi connectivity index (χ1n) is 4.50. The van der Waals surface area contributed by atoms with E-state index in [4.69, 9.17) is 5.73 Å². The molecular formula is C11H16N2. The van der Waals surface area contributed by atoms with Crippen LogP contribution in [0.5, 0.6) is 0 Å². The molecule has 0 spiro atoms. The number of hydrogen-bond acceptors (Lipinski definition) is 2. The van der Waals surface area contributed by atoms with Crippen LogP contribution in [0.3, 0.4) is 0 Å². The third kappa shape index (κ3) is 3.30. The molecule has 70 valence electrons. The van der Waals surface area contributed by atoms with E-state index in [0.717, 1.165) is 6.42 Å². The molecule has 13 heavy (non-hydrogen) atoms. The Hall–Kier alpha value is -1.28. The van der Waals surface area contributed by atoms with Gasteiger partial charge in [-0.2, -0.15) is 0 Å². The molecule has 2 heteroatoms. The van der Waals surface area contributed by atoms with Crippen molar-refractivity contribution in [1.29, 1.82) is 0 Å². The Morgan fingerprint density at radius 3 is 2.62 bits per heavy atom. The minimum Gasteiger partial charge on any atom is -0.391 e. The van der Waals surface area contributed by atoms with Crippen molar-refractivity contribution in [3.05, 3.63) is 41.6 Å². The molecule has 0 saturated carbocycles. The summed E-state index contributed by atoms with van der Waals surface area (Å²) in [5.74, 6) is 0. The molecule has 0 aliphatic rings. The fourth-order valence-electron chi connectivity index (χ4n) is 1.18. The Labute approximate surface area is 79.5 Å². The van der Waals surface area contributed by atoms with Crippen LogP contribution in [0.1, 0.15) is 12.0 Å². The topological polar surface area (TPSA) is 38.0 Å². The van der Waals surface area contributed by atoms with Crippen LogP contribution in [0, 0.1) is 0 Å². The molecule has 0 fully saturated rings. The fraction of sp³-hybridized carbons (Fsp3) is 0.273. The van der Waals surface area contributed by atoms with Crippen molar-refractivity contribution in [2.45, 2.75) is 6.42 Å². The van der Waals surface area contributed by atoms with Crippen LogP contribution in [0.25, 0.3) is 6.08 Å². The van der Waals surface area contributed by atoms with Crippen molar-refractivity contribution in [2.24, 2.45) is 5.73 Å². The molecule has 0 radical (unpaired) electrons. The number of nitrogens with two attached hydrogens (primary N) is 1. The second-order valence-electron chi connectivity index (χ2n) is 2.87. The summed E-state index contributed by atoms with van der Waals surface area (Å²) in [6.07, 6.45) is 3.01. The molecule has 0 bridgehead atoms. The van der Waals surface area contributed by atoms with E-state index in [9.17, 15) is 0 Å². The summed E-state index contributed by atoms with van der Waals surface area (Å²) in [5.41, 5.74) is 7.86. The standard InChI is InChI=1S/C11H16N2/c1-13-11(7-8-12)9-10-5-3-2-4-6-10/h2-6,9,13H,7-8,12H2,1H3/b11-9-. The molecular weight excluding hydrogens is 160 g/mol. The summed E-state index contributed by atoms with van der Waals surface area (Å²) in [6.45, 7) is 0.680. The summed E-state index contributed by atoms with van der Waals surface area (Å²) >= 11 is 0. The van der Waals surface area contributed by atoms with E-state index in [-0.39, 0.29) is 0 Å². The molecule has 0 aromatic heterocycles. The lowest BCUT2D eigenvalue weighted by Gasteiger charge is -2.04. The smallest absolute Gasteiger partial charge is 0.0123 e. The Morgan fingerprint density at radius 2 is 2.08 bits per heavy atom. The maximum Gasteiger partial charge on any atom is 0.0123 e. The zero-order valence-electron chi connectivity index (χ0n) is 7.96. The first-order valence-corrected chi connectivity index (χ1v) is 4.50. The van der Waals surface area contributed by atoms with Crippen molar-refractivity contribution in [1.82, 2.24) is 5.32 Å². The third-order valence-corrected chi connectivity index (χ3v) is 1.88. The van der Waals surface area contributed by atoms with Gasteiger partial charge in [-0.05, 0) is 24.6 Å². The zero-order valence-corrected chi connectivity index (χ0v) is 7.96. The molecule has 0 heterocycles. The lowest BCUT2D eigenvalue weighted by molar-refractivity contribution is 0.853. The average Bonchev–Trinajstić information content (AvgIpc) is 2.19. The lowest BCUT2D eigenvalue weighted by Crippen LogP contribution is -2.10. The number of benzene rings is 1. The Kier molecular flexibility index (Phi) is 4.06. The van der Waals surface area contributed by atoms with Gasteiger partial charge in [-0.3, -0.25) is 0 Å². The molecule has 1 rings (SSSR count). The van der Waals surface area contributed by atoms with E-state index in [1.807, 2.05) is 25.2 Å². The van der Waals surface area contributed by atoms with Crippen LogP contribution in [0.4, 0.5) is 0 Å². The minimum atomic E-state index is 0.680. The highest BCUT2D eigenvalue weighted by atomic mass is 14.8. The number of nitrogens with one attached hydrogen (secondary N) is 1. The van der Waals surface area contributed by atoms with Crippen LogP contribution >= 0.6 is 0 Å². The summed E-state index contributed by atoms with van der Waals surface area (Å²) in [6, 6.07) is 10.2. The van der Waals surface area contributed by atoms with Gasteiger partial charge in [0.2, 0.25) is 0 Å². The second-order valence-corrected chi connectivity index (χ2v) is 2.87. The number of hydrogen-bond donors (Lipinski definition) is 2. The maximum atomic E-state index is 5.48. The zero-order chi connectivity index (χ0) is 9.52. The lowest BCUT2D eigenvalue weighted by atomic mass is 10.1. The van der Waals surface area contributed by atoms with E-state index in [0.29, 0.717) is 6.54 Å². The van der Waals surface area contributed by atoms with Crippen molar-refractivity contribution >= 4 is 6.08 Å². The van der Waals surface area contributed by atoms with Gasteiger partial charge >= 0.3 is 0 Å². The highest BCUT2D eigenvalue weighted by molar-refractivity contribution is 5.51. The molecule has 0 unspecified atom stereocenters. The van der Waals surface area contributed by atoms with Crippen LogP contribution in [-0.2, 0) is 0 Å². The summed E-state index contributed by atoms with van der Waals surface area (Å²) in [5, 5.41) is 3.13. The van der Waals surface area contributed by atoms with Gasteiger partial charge < -0.3 is 11.1 Å². The minimum absolute atomic E-state index is 0.680. The highest BCUT2D eigenvalue weighted by Crippen LogP contribution is 2.05. The van der Waals surface area contributed by atoms with E-state index in [1.165, 1.54) is 11.3 Å². The van der Waals surface area contributed by atoms with Crippen molar-refractivity contribution < 1.29 is 0 Å². The molecule has 0 aliphatic carbocycles. The maximum absolute atomic E-state index is 5.48. The van der Waals surface area contributed by atoms with Crippen molar-refractivity contribution in [3.63, 3.8) is 0 Å². The quantitative estimate of drug-likeness (QED) is 0.731. The molecule has 3 N–H and O–H groups in total. The van der Waals surface area contributed by atoms with E-state index in [2.05, 4.69) is 23.5 Å². The van der Waals surface area contributed by atoms with Crippen LogP contribution < -0.4 is 11.1 Å². The highest BCUT2D eigenvalue weighted by Gasteiger charge is 1.92. The predicted octanol–water partition coefficient (Wildman–Crippen LogP) is 1.60.